The van der Waals surface area contributed by atoms with Gasteiger partial charge in [-0.05, 0) is 32.3 Å². The predicted molar refractivity (Wildman–Crippen MR) is 82.5 cm³/mol. The van der Waals surface area contributed by atoms with Crippen molar-refractivity contribution in [3.05, 3.63) is 18.0 Å². The first-order valence-electron chi connectivity index (χ1n) is 7.75. The molecule has 1 aromatic heterocycles. The molecular formula is C15H26N2O3S. The Morgan fingerprint density at radius 2 is 2.05 bits per heavy atom. The summed E-state index contributed by atoms with van der Waals surface area (Å²) in [4.78, 5) is 0.242. The number of nitrogens with one attached hydrogen (secondary N) is 1. The van der Waals surface area contributed by atoms with Crippen molar-refractivity contribution in [3.8, 4) is 0 Å². The maximum atomic E-state index is 12.3. The molecule has 6 heteroatoms. The minimum atomic E-state index is -3.48. The van der Waals surface area contributed by atoms with Gasteiger partial charge in [0, 0.05) is 24.5 Å². The number of aliphatic hydroxyl groups is 1. The van der Waals surface area contributed by atoms with Crippen LogP contribution in [0.2, 0.25) is 0 Å². The smallest absolute Gasteiger partial charge is 0.242 e. The van der Waals surface area contributed by atoms with Gasteiger partial charge in [-0.3, -0.25) is 0 Å². The molecule has 0 unspecified atom stereocenters. The van der Waals surface area contributed by atoms with Crippen LogP contribution in [-0.4, -0.2) is 24.6 Å². The van der Waals surface area contributed by atoms with Gasteiger partial charge < -0.3 is 9.67 Å². The molecule has 0 aliphatic heterocycles. The molecule has 120 valence electrons. The molecule has 5 nitrogen and oxygen atoms in total. The number of rotatable bonds is 7. The fourth-order valence-corrected chi connectivity index (χ4v) is 4.13. The van der Waals surface area contributed by atoms with Crippen LogP contribution in [0.3, 0.4) is 0 Å². The molecule has 1 heterocycles. The van der Waals surface area contributed by atoms with Crippen LogP contribution in [-0.2, 0) is 16.6 Å². The Morgan fingerprint density at radius 1 is 1.38 bits per heavy atom. The van der Waals surface area contributed by atoms with Crippen LogP contribution in [0.15, 0.2) is 17.2 Å². The summed E-state index contributed by atoms with van der Waals surface area (Å²) in [5.41, 5.74) is 0.626. The number of aliphatic hydroxyl groups excluding tert-OH is 1. The largest absolute Gasteiger partial charge is 0.390 e. The van der Waals surface area contributed by atoms with Gasteiger partial charge >= 0.3 is 0 Å². The molecule has 1 fully saturated rings. The summed E-state index contributed by atoms with van der Waals surface area (Å²) >= 11 is 0. The Morgan fingerprint density at radius 3 is 2.57 bits per heavy atom. The first kappa shape index (κ1) is 16.5. The SMILES string of the molecule is CC(C)n1cc(S(=O)(=O)NCCC2CCCC2)cc1CO. The van der Waals surface area contributed by atoms with Gasteiger partial charge in [0.25, 0.3) is 0 Å². The molecule has 0 spiro atoms. The molecule has 1 aromatic rings. The second kappa shape index (κ2) is 6.94. The molecule has 0 atom stereocenters. The molecule has 1 aliphatic carbocycles. The van der Waals surface area contributed by atoms with Crippen molar-refractivity contribution in [2.45, 2.75) is 63.5 Å². The lowest BCUT2D eigenvalue weighted by atomic mass is 10.1. The third kappa shape index (κ3) is 4.08. The Kier molecular flexibility index (Phi) is 5.46. The summed E-state index contributed by atoms with van der Waals surface area (Å²) in [6, 6.07) is 1.67. The van der Waals surface area contributed by atoms with E-state index in [0.717, 1.165) is 6.42 Å². The van der Waals surface area contributed by atoms with Crippen LogP contribution in [0.4, 0.5) is 0 Å². The number of nitrogens with zero attached hydrogens (tertiary/aromatic N) is 1. The van der Waals surface area contributed by atoms with E-state index in [-0.39, 0.29) is 17.5 Å². The lowest BCUT2D eigenvalue weighted by Gasteiger charge is -2.11. The second-order valence-corrected chi connectivity index (χ2v) is 7.93. The van der Waals surface area contributed by atoms with Gasteiger partial charge in [-0.1, -0.05) is 25.7 Å². The van der Waals surface area contributed by atoms with Gasteiger partial charge in [-0.15, -0.1) is 0 Å². The van der Waals surface area contributed by atoms with Crippen LogP contribution in [0.5, 0.6) is 0 Å². The fourth-order valence-electron chi connectivity index (χ4n) is 3.03. The lowest BCUT2D eigenvalue weighted by Crippen LogP contribution is -2.25. The average Bonchev–Trinajstić information content (AvgIpc) is 3.07. The van der Waals surface area contributed by atoms with E-state index in [9.17, 15) is 13.5 Å². The first-order valence-corrected chi connectivity index (χ1v) is 9.23. The van der Waals surface area contributed by atoms with E-state index in [1.165, 1.54) is 25.7 Å². The number of aromatic nitrogens is 1. The van der Waals surface area contributed by atoms with E-state index in [2.05, 4.69) is 4.72 Å². The maximum absolute atomic E-state index is 12.3. The molecule has 0 amide bonds. The Labute approximate surface area is 127 Å². The van der Waals surface area contributed by atoms with Crippen molar-refractivity contribution in [1.29, 1.82) is 0 Å². The van der Waals surface area contributed by atoms with Crippen LogP contribution in [0.25, 0.3) is 0 Å². The zero-order valence-corrected chi connectivity index (χ0v) is 13.7. The van der Waals surface area contributed by atoms with Crippen molar-refractivity contribution in [1.82, 2.24) is 9.29 Å². The van der Waals surface area contributed by atoms with Gasteiger partial charge in [0.05, 0.1) is 11.5 Å². The minimum Gasteiger partial charge on any atom is -0.390 e. The first-order chi connectivity index (χ1) is 9.94. The summed E-state index contributed by atoms with van der Waals surface area (Å²) < 4.78 is 29.1. The molecule has 0 aromatic carbocycles. The quantitative estimate of drug-likeness (QED) is 0.812. The van der Waals surface area contributed by atoms with E-state index < -0.39 is 10.0 Å². The number of hydrogen-bond donors (Lipinski definition) is 2. The Hall–Kier alpha value is -0.850. The molecule has 1 saturated carbocycles. The zero-order valence-electron chi connectivity index (χ0n) is 12.9. The number of sulfonamides is 1. The second-order valence-electron chi connectivity index (χ2n) is 6.16. The molecule has 1 aliphatic rings. The Bertz CT molecular complexity index is 557. The van der Waals surface area contributed by atoms with E-state index >= 15 is 0 Å². The molecule has 2 rings (SSSR count). The zero-order chi connectivity index (χ0) is 15.5. The van der Waals surface area contributed by atoms with Crippen molar-refractivity contribution in [3.63, 3.8) is 0 Å². The number of hydrogen-bond acceptors (Lipinski definition) is 3. The highest BCUT2D eigenvalue weighted by Gasteiger charge is 2.20. The van der Waals surface area contributed by atoms with Gasteiger partial charge in [0.1, 0.15) is 0 Å². The summed E-state index contributed by atoms with van der Waals surface area (Å²) in [6.07, 6.45) is 7.51. The molecular weight excluding hydrogens is 288 g/mol. The van der Waals surface area contributed by atoms with Crippen LogP contribution in [0, 0.1) is 5.92 Å². The van der Waals surface area contributed by atoms with E-state index in [4.69, 9.17) is 0 Å². The minimum absolute atomic E-state index is 0.120. The van der Waals surface area contributed by atoms with E-state index in [1.807, 2.05) is 13.8 Å². The van der Waals surface area contributed by atoms with Crippen molar-refractivity contribution >= 4 is 10.0 Å². The highest BCUT2D eigenvalue weighted by Crippen LogP contribution is 2.27. The van der Waals surface area contributed by atoms with Crippen molar-refractivity contribution in [2.75, 3.05) is 6.54 Å². The highest BCUT2D eigenvalue weighted by molar-refractivity contribution is 7.89. The average molecular weight is 314 g/mol. The molecule has 0 radical (unpaired) electrons. The normalized spacial score (nSPS) is 17.0. The Balaban J connectivity index is 2.01. The van der Waals surface area contributed by atoms with Crippen LogP contribution < -0.4 is 4.72 Å². The fraction of sp³-hybridized carbons (Fsp3) is 0.733. The summed E-state index contributed by atoms with van der Waals surface area (Å²) in [5, 5.41) is 9.33. The standard InChI is InChI=1S/C15H26N2O3S/c1-12(2)17-10-15(9-14(17)11-18)21(19,20)16-8-7-13-5-3-4-6-13/h9-10,12-13,16,18H,3-8,11H2,1-2H3. The molecule has 0 saturated heterocycles. The molecule has 21 heavy (non-hydrogen) atoms. The lowest BCUT2D eigenvalue weighted by molar-refractivity contribution is 0.268. The third-order valence-electron chi connectivity index (χ3n) is 4.25. The van der Waals surface area contributed by atoms with Gasteiger partial charge in [-0.25, -0.2) is 13.1 Å². The topological polar surface area (TPSA) is 71.3 Å². The molecule has 2 N–H and O–H groups in total. The summed E-state index contributed by atoms with van der Waals surface area (Å²) in [6.45, 7) is 4.26. The van der Waals surface area contributed by atoms with Gasteiger partial charge in [-0.2, -0.15) is 0 Å². The summed E-state index contributed by atoms with van der Waals surface area (Å²) in [7, 11) is -3.48. The van der Waals surface area contributed by atoms with Crippen molar-refractivity contribution < 1.29 is 13.5 Å². The van der Waals surface area contributed by atoms with Crippen molar-refractivity contribution in [2.24, 2.45) is 5.92 Å². The van der Waals surface area contributed by atoms with Gasteiger partial charge in [0.15, 0.2) is 0 Å². The van der Waals surface area contributed by atoms with E-state index in [0.29, 0.717) is 18.2 Å². The maximum Gasteiger partial charge on any atom is 0.242 e. The highest BCUT2D eigenvalue weighted by atomic mass is 32.2. The van der Waals surface area contributed by atoms with Crippen LogP contribution in [0.1, 0.15) is 57.7 Å². The molecule has 0 bridgehead atoms. The monoisotopic (exact) mass is 314 g/mol. The third-order valence-corrected chi connectivity index (χ3v) is 5.68. The van der Waals surface area contributed by atoms with Crippen LogP contribution >= 0.6 is 0 Å². The predicted octanol–water partition coefficient (Wildman–Crippen LogP) is 2.42. The van der Waals surface area contributed by atoms with Gasteiger partial charge in [0.2, 0.25) is 10.0 Å². The summed E-state index contributed by atoms with van der Waals surface area (Å²) in [5.74, 6) is 0.668. The van der Waals surface area contributed by atoms with E-state index in [1.54, 1.807) is 16.8 Å².